The van der Waals surface area contributed by atoms with Crippen molar-refractivity contribution in [1.29, 1.82) is 0 Å². The first kappa shape index (κ1) is 45.9. The third-order valence-corrected chi connectivity index (χ3v) is 10.2. The van der Waals surface area contributed by atoms with Gasteiger partial charge in [0.2, 0.25) is 35.4 Å². The molecule has 0 bridgehead atoms. The molecular formula is C41H58N10O8. The summed E-state index contributed by atoms with van der Waals surface area (Å²) in [5.74, 6) is -5.32. The summed E-state index contributed by atoms with van der Waals surface area (Å²) in [6.45, 7) is 6.38. The van der Waals surface area contributed by atoms with Crippen molar-refractivity contribution >= 4 is 57.2 Å². The summed E-state index contributed by atoms with van der Waals surface area (Å²) >= 11 is 0. The van der Waals surface area contributed by atoms with E-state index in [0.29, 0.717) is 36.9 Å². The van der Waals surface area contributed by atoms with E-state index in [0.717, 1.165) is 21.8 Å². The molecule has 320 valence electrons. The number of aromatic amines is 2. The van der Waals surface area contributed by atoms with Gasteiger partial charge in [-0.15, -0.1) is 0 Å². The minimum Gasteiger partial charge on any atom is -0.391 e. The number of aliphatic hydroxyl groups excluding tert-OH is 2. The van der Waals surface area contributed by atoms with Crippen LogP contribution in [-0.2, 0) is 41.6 Å². The molecular weight excluding hydrogens is 761 g/mol. The first-order valence-corrected chi connectivity index (χ1v) is 19.7. The molecule has 0 saturated heterocycles. The lowest BCUT2D eigenvalue weighted by Gasteiger charge is -2.29. The molecule has 0 fully saturated rings. The summed E-state index contributed by atoms with van der Waals surface area (Å²) in [6, 6.07) is 6.65. The zero-order valence-electron chi connectivity index (χ0n) is 33.8. The smallest absolute Gasteiger partial charge is 0.245 e. The number of nitrogens with two attached hydrogens (primary N) is 3. The predicted octanol–water partition coefficient (Wildman–Crippen LogP) is -0.782. The Morgan fingerprint density at radius 1 is 0.610 bits per heavy atom. The summed E-state index contributed by atoms with van der Waals surface area (Å²) in [7, 11) is 0. The van der Waals surface area contributed by atoms with E-state index >= 15 is 0 Å². The molecule has 0 aliphatic rings. The molecule has 4 rings (SSSR count). The second kappa shape index (κ2) is 21.3. The Morgan fingerprint density at radius 2 is 1.03 bits per heavy atom. The van der Waals surface area contributed by atoms with E-state index in [1.807, 2.05) is 42.5 Å². The molecule has 18 heteroatoms. The Hall–Kier alpha value is -5.82. The van der Waals surface area contributed by atoms with Crippen molar-refractivity contribution in [1.82, 2.24) is 36.6 Å². The number of benzene rings is 2. The lowest BCUT2D eigenvalue weighted by atomic mass is 10.00. The second-order valence-corrected chi connectivity index (χ2v) is 15.2. The molecule has 8 atom stereocenters. The number of hydrogen-bond donors (Lipinski definition) is 12. The lowest BCUT2D eigenvalue weighted by Crippen LogP contribution is -2.63. The summed E-state index contributed by atoms with van der Waals surface area (Å²) in [4.78, 5) is 87.2. The van der Waals surface area contributed by atoms with Crippen LogP contribution in [0.5, 0.6) is 0 Å². The molecule has 2 heterocycles. The first-order valence-electron chi connectivity index (χ1n) is 19.7. The van der Waals surface area contributed by atoms with E-state index in [9.17, 15) is 39.0 Å². The van der Waals surface area contributed by atoms with E-state index in [-0.39, 0.29) is 18.8 Å². The lowest BCUT2D eigenvalue weighted by molar-refractivity contribution is -0.137. The van der Waals surface area contributed by atoms with E-state index in [4.69, 9.17) is 17.2 Å². The van der Waals surface area contributed by atoms with Crippen LogP contribution in [-0.4, -0.2) is 111 Å². The van der Waals surface area contributed by atoms with Crippen LogP contribution in [0.2, 0.25) is 0 Å². The Kier molecular flexibility index (Phi) is 16.5. The maximum absolute atomic E-state index is 14.2. The van der Waals surface area contributed by atoms with Crippen molar-refractivity contribution in [2.24, 2.45) is 23.1 Å². The van der Waals surface area contributed by atoms with Crippen LogP contribution in [0.25, 0.3) is 21.8 Å². The normalized spacial score (nSPS) is 15.6. The molecule has 4 aromatic rings. The van der Waals surface area contributed by atoms with Gasteiger partial charge in [-0.1, -0.05) is 56.7 Å². The Bertz CT molecular complexity index is 2080. The highest BCUT2D eigenvalue weighted by molar-refractivity contribution is 5.98. The van der Waals surface area contributed by atoms with E-state index in [2.05, 4.69) is 36.6 Å². The molecule has 0 saturated carbocycles. The number of aliphatic hydroxyl groups is 2. The number of rotatable bonds is 22. The molecule has 0 aliphatic heterocycles. The maximum atomic E-state index is 14.2. The number of H-pyrrole nitrogens is 2. The summed E-state index contributed by atoms with van der Waals surface area (Å²) in [5.41, 5.74) is 20.0. The van der Waals surface area contributed by atoms with Gasteiger partial charge in [0, 0.05) is 47.0 Å². The third kappa shape index (κ3) is 12.3. The van der Waals surface area contributed by atoms with Crippen molar-refractivity contribution in [3.63, 3.8) is 0 Å². The van der Waals surface area contributed by atoms with Crippen LogP contribution in [0.1, 0.15) is 58.1 Å². The number of carbonyl (C=O) groups excluding carboxylic acids is 6. The average molecular weight is 819 g/mol. The fourth-order valence-electron chi connectivity index (χ4n) is 6.77. The van der Waals surface area contributed by atoms with Gasteiger partial charge in [-0.2, -0.15) is 0 Å². The highest BCUT2D eigenvalue weighted by Gasteiger charge is 2.36. The number of amides is 6. The predicted molar refractivity (Wildman–Crippen MR) is 222 cm³/mol. The van der Waals surface area contributed by atoms with E-state index in [1.54, 1.807) is 32.3 Å². The van der Waals surface area contributed by atoms with Gasteiger partial charge in [-0.05, 0) is 62.4 Å². The van der Waals surface area contributed by atoms with Gasteiger partial charge >= 0.3 is 0 Å². The number of fused-ring (bicyclic) bond motifs is 2. The minimum absolute atomic E-state index is 0.0476. The number of unbranched alkanes of at least 4 members (excludes halogenated alkanes) is 1. The Balaban J connectivity index is 1.61. The third-order valence-electron chi connectivity index (χ3n) is 10.2. The zero-order valence-corrected chi connectivity index (χ0v) is 33.8. The minimum atomic E-state index is -1.65. The summed E-state index contributed by atoms with van der Waals surface area (Å²) in [5, 5.41) is 35.9. The largest absolute Gasteiger partial charge is 0.391 e. The van der Waals surface area contributed by atoms with Crippen LogP contribution < -0.4 is 43.8 Å². The zero-order chi connectivity index (χ0) is 43.4. The molecule has 0 spiro atoms. The number of primary amides is 1. The fourth-order valence-corrected chi connectivity index (χ4v) is 6.77. The second-order valence-electron chi connectivity index (χ2n) is 15.2. The molecule has 8 unspecified atom stereocenters. The molecule has 15 N–H and O–H groups in total. The van der Waals surface area contributed by atoms with Crippen LogP contribution in [0, 0.1) is 5.92 Å². The molecule has 0 aliphatic carbocycles. The van der Waals surface area contributed by atoms with Gasteiger partial charge in [0.1, 0.15) is 30.2 Å². The topological polar surface area (TPSA) is 313 Å². The molecule has 2 aromatic heterocycles. The number of hydrogen-bond acceptors (Lipinski definition) is 10. The van der Waals surface area contributed by atoms with Crippen molar-refractivity contribution in [2.45, 2.75) is 108 Å². The van der Waals surface area contributed by atoms with Crippen LogP contribution in [0.3, 0.4) is 0 Å². The fraction of sp³-hybridized carbons (Fsp3) is 0.463. The van der Waals surface area contributed by atoms with Gasteiger partial charge < -0.3 is 64.0 Å². The molecule has 18 nitrogen and oxygen atoms in total. The van der Waals surface area contributed by atoms with E-state index in [1.165, 1.54) is 13.8 Å². The number of aromatic nitrogens is 2. The quantitative estimate of drug-likeness (QED) is 0.0439. The molecule has 0 radical (unpaired) electrons. The van der Waals surface area contributed by atoms with Crippen molar-refractivity contribution in [3.05, 3.63) is 72.1 Å². The van der Waals surface area contributed by atoms with Crippen LogP contribution in [0.4, 0.5) is 0 Å². The number of carbonyl (C=O) groups is 6. The highest BCUT2D eigenvalue weighted by Crippen LogP contribution is 2.21. The van der Waals surface area contributed by atoms with Gasteiger partial charge in [0.05, 0.1) is 18.2 Å². The Labute approximate surface area is 342 Å². The van der Waals surface area contributed by atoms with Crippen molar-refractivity contribution in [2.75, 3.05) is 6.54 Å². The van der Waals surface area contributed by atoms with Gasteiger partial charge in [-0.3, -0.25) is 28.8 Å². The monoisotopic (exact) mass is 818 g/mol. The number of para-hydroxylation sites is 2. The SMILES string of the molecule is CC(C)C(NC(=O)C(Cc1c[nH]c2ccccc12)NC(=O)C(NC(=O)C(Cc1c[nH]c2ccccc12)NC(=O)C(NC(=O)C(N)CCCCN)C(C)O)C(C)O)C(N)=O. The molecule has 2 aromatic carbocycles. The summed E-state index contributed by atoms with van der Waals surface area (Å²) < 4.78 is 0. The van der Waals surface area contributed by atoms with Gasteiger partial charge in [0.15, 0.2) is 0 Å². The number of nitrogens with one attached hydrogen (secondary N) is 7. The van der Waals surface area contributed by atoms with Crippen molar-refractivity contribution < 1.29 is 39.0 Å². The Morgan fingerprint density at radius 3 is 1.44 bits per heavy atom. The highest BCUT2D eigenvalue weighted by atomic mass is 16.3. The van der Waals surface area contributed by atoms with Crippen LogP contribution in [0.15, 0.2) is 60.9 Å². The van der Waals surface area contributed by atoms with Crippen LogP contribution >= 0.6 is 0 Å². The molecule has 6 amide bonds. The average Bonchev–Trinajstić information content (AvgIpc) is 3.80. The maximum Gasteiger partial charge on any atom is 0.245 e. The van der Waals surface area contributed by atoms with Gasteiger partial charge in [0.25, 0.3) is 0 Å². The van der Waals surface area contributed by atoms with Crippen molar-refractivity contribution in [3.8, 4) is 0 Å². The first-order chi connectivity index (χ1) is 28.0. The van der Waals surface area contributed by atoms with Gasteiger partial charge in [-0.25, -0.2) is 0 Å². The summed E-state index contributed by atoms with van der Waals surface area (Å²) in [6.07, 6.45) is 1.76. The standard InChI is InChI=1S/C41H58N10O8/c1-21(2)33(36(44)54)49-38(56)31(17-24-19-45-29-14-7-5-11-26(24)29)47-41(59)35(23(4)53)51-39(57)32(18-25-20-46-30-15-8-6-12-27(25)30)48-40(58)34(22(3)52)50-37(55)28(43)13-9-10-16-42/h5-8,11-12,14-15,19-23,28,31-35,45-46,52-53H,9-10,13,16-18,42-43H2,1-4H3,(H2,44,54)(H,47,59)(H,48,58)(H,49,56)(H,50,55)(H,51,57). The van der Waals surface area contributed by atoms with E-state index < -0.39 is 83.9 Å². The molecule has 59 heavy (non-hydrogen) atoms.